The zero-order valence-corrected chi connectivity index (χ0v) is 53.3. The van der Waals surface area contributed by atoms with Crippen molar-refractivity contribution in [3.63, 3.8) is 0 Å². The normalized spacial score (nSPS) is 12.5. The molecule has 0 radical (unpaired) electrons. The van der Waals surface area contributed by atoms with E-state index in [0.29, 0.717) is 19.3 Å². The van der Waals surface area contributed by atoms with Crippen LogP contribution in [0.3, 0.4) is 0 Å². The highest BCUT2D eigenvalue weighted by molar-refractivity contribution is 5.71. The highest BCUT2D eigenvalue weighted by atomic mass is 16.6. The van der Waals surface area contributed by atoms with E-state index in [1.54, 1.807) is 0 Å². The van der Waals surface area contributed by atoms with Gasteiger partial charge in [-0.1, -0.05) is 306 Å². The molecule has 1 unspecified atom stereocenters. The Hall–Kier alpha value is -3.15. The van der Waals surface area contributed by atoms with Crippen molar-refractivity contribution in [1.29, 1.82) is 0 Å². The van der Waals surface area contributed by atoms with Gasteiger partial charge >= 0.3 is 17.9 Å². The molecular formula is C74H132O6. The number of rotatable bonds is 64. The second-order valence-electron chi connectivity index (χ2n) is 23.4. The zero-order valence-electron chi connectivity index (χ0n) is 53.3. The molecule has 0 aromatic heterocycles. The molecule has 0 bridgehead atoms. The molecule has 0 rings (SSSR count). The predicted molar refractivity (Wildman–Crippen MR) is 348 cm³/mol. The van der Waals surface area contributed by atoms with Crippen LogP contribution in [0.5, 0.6) is 0 Å². The Balaban J connectivity index is 4.30. The Morgan fingerprint density at radius 2 is 0.487 bits per heavy atom. The molecule has 1 atom stereocenters. The second kappa shape index (κ2) is 68.3. The van der Waals surface area contributed by atoms with Crippen LogP contribution in [0.2, 0.25) is 0 Å². The van der Waals surface area contributed by atoms with Gasteiger partial charge in [0.05, 0.1) is 0 Å². The van der Waals surface area contributed by atoms with Gasteiger partial charge in [-0.2, -0.15) is 0 Å². The maximum atomic E-state index is 12.9. The molecule has 0 aliphatic carbocycles. The van der Waals surface area contributed by atoms with Gasteiger partial charge in [0.25, 0.3) is 0 Å². The molecule has 6 nitrogen and oxygen atoms in total. The lowest BCUT2D eigenvalue weighted by molar-refractivity contribution is -0.167. The molecule has 0 aromatic carbocycles. The maximum absolute atomic E-state index is 12.9. The molecule has 0 fully saturated rings. The molecule has 0 N–H and O–H groups in total. The van der Waals surface area contributed by atoms with Crippen LogP contribution in [0, 0.1) is 0 Å². The minimum Gasteiger partial charge on any atom is -0.462 e. The summed E-state index contributed by atoms with van der Waals surface area (Å²) in [4.78, 5) is 38.4. The van der Waals surface area contributed by atoms with Crippen LogP contribution in [0.1, 0.15) is 361 Å². The van der Waals surface area contributed by atoms with Crippen molar-refractivity contribution < 1.29 is 28.6 Å². The first-order chi connectivity index (χ1) is 39.5. The van der Waals surface area contributed by atoms with Crippen LogP contribution in [0.15, 0.2) is 72.9 Å². The Kier molecular flexibility index (Phi) is 65.7. The average molecular weight is 1120 g/mol. The van der Waals surface area contributed by atoms with E-state index in [9.17, 15) is 14.4 Å². The van der Waals surface area contributed by atoms with E-state index in [-0.39, 0.29) is 31.1 Å². The SMILES string of the molecule is CC/C=C\C/C=C\C/C=C\C/C=C\CCCCCCCCCCCCCCCCC(=O)OCC(COC(=O)CCCCCCC/C=C\CCCCCCCCC)OC(=O)CCCCCCCCCCC/C=C\CCCCCCCC. The van der Waals surface area contributed by atoms with Crippen LogP contribution in [-0.2, 0) is 28.6 Å². The molecule has 6 heteroatoms. The monoisotopic (exact) mass is 1120 g/mol. The number of hydrogen-bond donors (Lipinski definition) is 0. The Labute approximate surface area is 497 Å². The van der Waals surface area contributed by atoms with Crippen LogP contribution in [0.25, 0.3) is 0 Å². The van der Waals surface area contributed by atoms with Crippen LogP contribution >= 0.6 is 0 Å². The van der Waals surface area contributed by atoms with Gasteiger partial charge in [0, 0.05) is 19.3 Å². The number of ether oxygens (including phenoxy) is 3. The van der Waals surface area contributed by atoms with Crippen LogP contribution in [0.4, 0.5) is 0 Å². The quantitative estimate of drug-likeness (QED) is 0.0261. The lowest BCUT2D eigenvalue weighted by Gasteiger charge is -2.18. The maximum Gasteiger partial charge on any atom is 0.306 e. The van der Waals surface area contributed by atoms with Gasteiger partial charge in [-0.05, 0) is 109 Å². The van der Waals surface area contributed by atoms with Crippen LogP contribution in [-0.4, -0.2) is 37.2 Å². The fourth-order valence-corrected chi connectivity index (χ4v) is 10.2. The summed E-state index contributed by atoms with van der Waals surface area (Å²) in [5.74, 6) is -0.866. The number of carbonyl (C=O) groups excluding carboxylic acids is 3. The number of allylic oxidation sites excluding steroid dienone is 12. The molecule has 0 amide bonds. The average Bonchev–Trinajstić information content (AvgIpc) is 3.46. The highest BCUT2D eigenvalue weighted by Gasteiger charge is 2.19. The molecule has 0 spiro atoms. The topological polar surface area (TPSA) is 78.9 Å². The van der Waals surface area contributed by atoms with Crippen molar-refractivity contribution in [2.45, 2.75) is 367 Å². The minimum absolute atomic E-state index is 0.0759. The van der Waals surface area contributed by atoms with Crippen molar-refractivity contribution in [2.24, 2.45) is 0 Å². The van der Waals surface area contributed by atoms with Gasteiger partial charge < -0.3 is 14.2 Å². The minimum atomic E-state index is -0.780. The first kappa shape index (κ1) is 76.9. The van der Waals surface area contributed by atoms with E-state index >= 15 is 0 Å². The van der Waals surface area contributed by atoms with Gasteiger partial charge in [-0.25, -0.2) is 0 Å². The largest absolute Gasteiger partial charge is 0.462 e. The summed E-state index contributed by atoms with van der Waals surface area (Å²) in [5.41, 5.74) is 0. The summed E-state index contributed by atoms with van der Waals surface area (Å²) in [6.45, 7) is 6.57. The zero-order chi connectivity index (χ0) is 57.8. The van der Waals surface area contributed by atoms with E-state index in [2.05, 4.69) is 93.7 Å². The third-order valence-corrected chi connectivity index (χ3v) is 15.4. The van der Waals surface area contributed by atoms with E-state index in [4.69, 9.17) is 14.2 Å². The van der Waals surface area contributed by atoms with Crippen molar-refractivity contribution in [3.8, 4) is 0 Å². The van der Waals surface area contributed by atoms with E-state index in [1.807, 2.05) is 0 Å². The van der Waals surface area contributed by atoms with Gasteiger partial charge in [0.15, 0.2) is 6.10 Å². The summed E-state index contributed by atoms with van der Waals surface area (Å²) in [7, 11) is 0. The van der Waals surface area contributed by atoms with Crippen molar-refractivity contribution in [3.05, 3.63) is 72.9 Å². The van der Waals surface area contributed by atoms with Gasteiger partial charge in [-0.3, -0.25) is 14.4 Å². The van der Waals surface area contributed by atoms with E-state index in [1.165, 1.54) is 231 Å². The van der Waals surface area contributed by atoms with Crippen molar-refractivity contribution in [2.75, 3.05) is 13.2 Å². The van der Waals surface area contributed by atoms with Gasteiger partial charge in [0.1, 0.15) is 13.2 Å². The van der Waals surface area contributed by atoms with E-state index in [0.717, 1.165) is 89.9 Å². The molecule has 0 saturated heterocycles. The third kappa shape index (κ3) is 65.7. The number of carbonyl (C=O) groups is 3. The number of esters is 3. The highest BCUT2D eigenvalue weighted by Crippen LogP contribution is 2.17. The fraction of sp³-hybridized carbons (Fsp3) is 0.797. The summed E-state index contributed by atoms with van der Waals surface area (Å²) in [6, 6.07) is 0. The van der Waals surface area contributed by atoms with Crippen molar-refractivity contribution in [1.82, 2.24) is 0 Å². The summed E-state index contributed by atoms with van der Waals surface area (Å²) >= 11 is 0. The summed E-state index contributed by atoms with van der Waals surface area (Å²) in [6.07, 6.45) is 89.2. The molecular weight excluding hydrogens is 985 g/mol. The Bertz CT molecular complexity index is 1470. The summed E-state index contributed by atoms with van der Waals surface area (Å²) < 4.78 is 17.0. The Morgan fingerprint density at radius 3 is 0.775 bits per heavy atom. The third-order valence-electron chi connectivity index (χ3n) is 15.4. The summed E-state index contributed by atoms with van der Waals surface area (Å²) in [5, 5.41) is 0. The predicted octanol–water partition coefficient (Wildman–Crippen LogP) is 24.1. The second-order valence-corrected chi connectivity index (χ2v) is 23.4. The molecule has 0 aliphatic rings. The molecule has 0 heterocycles. The van der Waals surface area contributed by atoms with Crippen molar-refractivity contribution >= 4 is 17.9 Å². The Morgan fingerprint density at radius 1 is 0.263 bits per heavy atom. The molecule has 80 heavy (non-hydrogen) atoms. The standard InChI is InChI=1S/C74H132O6/c1-4-7-10-13-16-19-22-25-28-31-33-34-35-36-37-38-39-40-42-43-46-49-52-55-58-61-64-67-73(76)79-70-71(69-78-72(75)66-63-60-57-54-51-48-45-30-27-24-21-18-15-12-9-6-3)80-74(77)68-65-62-59-56-53-50-47-44-41-32-29-26-23-20-17-14-11-8-5-2/h7,10,16,19,25-26,28-30,33-34,45,71H,4-6,8-9,11-15,17-18,20-24,27,31-32,35-44,46-70H2,1-3H3/b10-7-,19-16-,28-25-,29-26-,34-33-,45-30-. The number of unbranched alkanes of at least 4 members (excludes halogenated alkanes) is 41. The first-order valence-corrected chi connectivity index (χ1v) is 34.9. The smallest absolute Gasteiger partial charge is 0.306 e. The lowest BCUT2D eigenvalue weighted by Crippen LogP contribution is -2.30. The molecule has 464 valence electrons. The fourth-order valence-electron chi connectivity index (χ4n) is 10.2. The van der Waals surface area contributed by atoms with Gasteiger partial charge in [-0.15, -0.1) is 0 Å². The van der Waals surface area contributed by atoms with E-state index < -0.39 is 6.10 Å². The molecule has 0 aromatic rings. The molecule has 0 aliphatic heterocycles. The van der Waals surface area contributed by atoms with Crippen LogP contribution < -0.4 is 0 Å². The lowest BCUT2D eigenvalue weighted by atomic mass is 10.0. The number of hydrogen-bond acceptors (Lipinski definition) is 6. The first-order valence-electron chi connectivity index (χ1n) is 34.9. The molecule has 0 saturated carbocycles. The van der Waals surface area contributed by atoms with Gasteiger partial charge in [0.2, 0.25) is 0 Å².